The first kappa shape index (κ1) is 32.0. The van der Waals surface area contributed by atoms with Crippen LogP contribution in [0.5, 0.6) is 11.6 Å². The van der Waals surface area contributed by atoms with Gasteiger partial charge in [0.15, 0.2) is 11.4 Å². The van der Waals surface area contributed by atoms with Crippen molar-refractivity contribution in [2.24, 2.45) is 7.05 Å². The van der Waals surface area contributed by atoms with Crippen LogP contribution in [0.25, 0.3) is 22.3 Å². The van der Waals surface area contributed by atoms with Gasteiger partial charge in [0.05, 0.1) is 28.8 Å². The molecule has 14 nitrogen and oxygen atoms in total. The summed E-state index contributed by atoms with van der Waals surface area (Å²) in [6.45, 7) is 6.12. The van der Waals surface area contributed by atoms with Crippen LogP contribution in [0.3, 0.4) is 0 Å². The molecule has 0 aliphatic carbocycles. The number of fused-ring (bicyclic) bond motifs is 5. The van der Waals surface area contributed by atoms with E-state index in [4.69, 9.17) is 9.47 Å². The van der Waals surface area contributed by atoms with Gasteiger partial charge in [0.2, 0.25) is 11.8 Å². The largest absolute Gasteiger partial charge is 0.495 e. The van der Waals surface area contributed by atoms with Gasteiger partial charge in [0.1, 0.15) is 11.3 Å². The molecule has 2 N–H and O–H groups in total. The number of sulfonamides is 1. The number of piperidine rings is 1. The van der Waals surface area contributed by atoms with Gasteiger partial charge in [-0.2, -0.15) is 10.1 Å². The van der Waals surface area contributed by atoms with Gasteiger partial charge in [-0.05, 0) is 50.1 Å². The number of nitrogens with one attached hydrogen (secondary N) is 2. The van der Waals surface area contributed by atoms with Gasteiger partial charge >= 0.3 is 0 Å². The van der Waals surface area contributed by atoms with Crippen molar-refractivity contribution in [1.82, 2.24) is 34.9 Å². The molecule has 4 bridgehead atoms. The van der Waals surface area contributed by atoms with Gasteiger partial charge in [0.25, 0.3) is 21.8 Å². The number of aryl methyl sites for hydroxylation is 4. The zero-order chi connectivity index (χ0) is 34.7. The van der Waals surface area contributed by atoms with Gasteiger partial charge in [-0.1, -0.05) is 24.3 Å². The van der Waals surface area contributed by atoms with Gasteiger partial charge in [-0.3, -0.25) is 14.3 Å². The van der Waals surface area contributed by atoms with E-state index in [1.807, 2.05) is 39.0 Å². The molecule has 0 unspecified atom stereocenters. The Bertz CT molecular complexity index is 2260. The number of aromatic nitrogens is 5. The Balaban J connectivity index is 1.27. The smallest absolute Gasteiger partial charge is 0.264 e. The SMILES string of the molecule is COc1c(C(=O)N2CCC3(CC2)NC(=O)c2cccc(c2)S(=O)(=O)Nc2nc(cc(-c4c(C)cccc4C)n2)O3)cnc2c1c(C)nn2C. The average molecular weight is 683 g/mol. The van der Waals surface area contributed by atoms with Crippen molar-refractivity contribution < 1.29 is 27.5 Å². The van der Waals surface area contributed by atoms with Crippen LogP contribution >= 0.6 is 0 Å². The molecule has 1 saturated heterocycles. The lowest BCUT2D eigenvalue weighted by Crippen LogP contribution is -2.59. The maximum absolute atomic E-state index is 13.9. The van der Waals surface area contributed by atoms with E-state index in [1.54, 1.807) is 22.7 Å². The molecule has 5 heterocycles. The fourth-order valence-electron chi connectivity index (χ4n) is 6.57. The number of carbonyl (C=O) groups is 2. The molecule has 5 aromatic rings. The van der Waals surface area contributed by atoms with E-state index in [2.05, 4.69) is 30.1 Å². The second kappa shape index (κ2) is 11.8. The lowest BCUT2D eigenvalue weighted by atomic mass is 9.98. The number of anilines is 1. The number of carbonyl (C=O) groups excluding carboxylic acids is 2. The molecule has 15 heteroatoms. The van der Waals surface area contributed by atoms with Gasteiger partial charge in [0, 0.05) is 56.4 Å². The predicted octanol–water partition coefficient (Wildman–Crippen LogP) is 3.91. The summed E-state index contributed by atoms with van der Waals surface area (Å²) >= 11 is 0. The summed E-state index contributed by atoms with van der Waals surface area (Å²) in [5.41, 5.74) is 3.49. The fourth-order valence-corrected chi connectivity index (χ4v) is 7.56. The third-order valence-corrected chi connectivity index (χ3v) is 10.3. The summed E-state index contributed by atoms with van der Waals surface area (Å²) in [5.74, 6) is -0.558. The third-order valence-electron chi connectivity index (χ3n) is 8.99. The maximum Gasteiger partial charge on any atom is 0.264 e. The number of rotatable bonds is 3. The minimum Gasteiger partial charge on any atom is -0.495 e. The molecule has 1 fully saturated rings. The summed E-state index contributed by atoms with van der Waals surface area (Å²) in [7, 11) is -0.874. The van der Waals surface area contributed by atoms with E-state index in [1.165, 1.54) is 37.6 Å². The van der Waals surface area contributed by atoms with E-state index in [0.717, 1.165) is 16.7 Å². The first-order valence-electron chi connectivity index (χ1n) is 15.6. The van der Waals surface area contributed by atoms with Crippen molar-refractivity contribution >= 4 is 38.8 Å². The summed E-state index contributed by atoms with van der Waals surface area (Å²) in [6, 6.07) is 13.1. The molecule has 2 aliphatic heterocycles. The first-order chi connectivity index (χ1) is 23.4. The second-order valence-electron chi connectivity index (χ2n) is 12.3. The molecule has 1 spiro atoms. The lowest BCUT2D eigenvalue weighted by molar-refractivity contribution is -0.0199. The molecular formula is C34H34N8O6S. The Morgan fingerprint density at radius 1 is 1.02 bits per heavy atom. The minimum absolute atomic E-state index is 0.0537. The van der Waals surface area contributed by atoms with Gasteiger partial charge in [-0.25, -0.2) is 23.1 Å². The minimum atomic E-state index is -4.16. The van der Waals surface area contributed by atoms with Crippen LogP contribution in [0, 0.1) is 20.8 Å². The first-order valence-corrected chi connectivity index (χ1v) is 17.1. The zero-order valence-corrected chi connectivity index (χ0v) is 28.4. The molecule has 0 radical (unpaired) electrons. The lowest BCUT2D eigenvalue weighted by Gasteiger charge is -2.42. The topological polar surface area (TPSA) is 171 Å². The van der Waals surface area contributed by atoms with Crippen LogP contribution < -0.4 is 19.5 Å². The highest BCUT2D eigenvalue weighted by Gasteiger charge is 2.41. The van der Waals surface area contributed by atoms with Gasteiger partial charge in [-0.15, -0.1) is 0 Å². The van der Waals surface area contributed by atoms with Crippen molar-refractivity contribution in [3.05, 3.63) is 82.7 Å². The van der Waals surface area contributed by atoms with Crippen molar-refractivity contribution in [1.29, 1.82) is 0 Å². The number of benzene rings is 2. The van der Waals surface area contributed by atoms with E-state index in [9.17, 15) is 18.0 Å². The number of nitrogens with zero attached hydrogens (tertiary/aromatic N) is 6. The van der Waals surface area contributed by atoms with E-state index in [-0.39, 0.29) is 54.1 Å². The highest BCUT2D eigenvalue weighted by atomic mass is 32.2. The van der Waals surface area contributed by atoms with Crippen LogP contribution in [0.15, 0.2) is 59.6 Å². The quantitative estimate of drug-likeness (QED) is 0.284. The fraction of sp³-hybridized carbons (Fsp3) is 0.294. The zero-order valence-electron chi connectivity index (χ0n) is 27.6. The monoisotopic (exact) mass is 682 g/mol. The molecule has 7 rings (SSSR count). The summed E-state index contributed by atoms with van der Waals surface area (Å²) in [5, 5.41) is 8.10. The maximum atomic E-state index is 13.9. The normalized spacial score (nSPS) is 16.6. The molecule has 0 saturated carbocycles. The summed E-state index contributed by atoms with van der Waals surface area (Å²) in [4.78, 5) is 42.7. The summed E-state index contributed by atoms with van der Waals surface area (Å²) in [6.07, 6.45) is 1.88. The number of ether oxygens (including phenoxy) is 2. The second-order valence-corrected chi connectivity index (χ2v) is 14.0. The molecular weight excluding hydrogens is 648 g/mol. The Hall–Kier alpha value is -5.57. The number of hydrogen-bond acceptors (Lipinski definition) is 10. The third kappa shape index (κ3) is 5.69. The highest BCUT2D eigenvalue weighted by Crippen LogP contribution is 2.35. The Morgan fingerprint density at radius 2 is 1.73 bits per heavy atom. The average Bonchev–Trinajstić information content (AvgIpc) is 3.36. The van der Waals surface area contributed by atoms with Crippen LogP contribution in [0.2, 0.25) is 0 Å². The van der Waals surface area contributed by atoms with Crippen LogP contribution in [0.4, 0.5) is 5.95 Å². The number of methoxy groups -OCH3 is 1. The van der Waals surface area contributed by atoms with Crippen molar-refractivity contribution in [3.8, 4) is 22.9 Å². The van der Waals surface area contributed by atoms with Crippen LogP contribution in [-0.4, -0.2) is 75.8 Å². The number of amides is 2. The Morgan fingerprint density at radius 3 is 2.45 bits per heavy atom. The molecule has 2 aliphatic rings. The Kier molecular flexibility index (Phi) is 7.73. The van der Waals surface area contributed by atoms with Crippen molar-refractivity contribution in [2.45, 2.75) is 44.2 Å². The molecule has 3 aromatic heterocycles. The summed E-state index contributed by atoms with van der Waals surface area (Å²) < 4.78 is 43.2. The highest BCUT2D eigenvalue weighted by molar-refractivity contribution is 7.92. The predicted molar refractivity (Wildman–Crippen MR) is 180 cm³/mol. The molecule has 49 heavy (non-hydrogen) atoms. The Labute approximate surface area is 282 Å². The van der Waals surface area contributed by atoms with E-state index in [0.29, 0.717) is 33.7 Å². The van der Waals surface area contributed by atoms with Gasteiger partial charge < -0.3 is 19.7 Å². The number of pyridine rings is 1. The van der Waals surface area contributed by atoms with E-state index < -0.39 is 21.7 Å². The van der Waals surface area contributed by atoms with Crippen LogP contribution in [-0.2, 0) is 17.1 Å². The number of likely N-dealkylation sites (tertiary alicyclic amines) is 1. The number of hydrogen-bond donors (Lipinski definition) is 2. The molecule has 2 amide bonds. The van der Waals surface area contributed by atoms with Crippen molar-refractivity contribution in [2.75, 3.05) is 24.9 Å². The van der Waals surface area contributed by atoms with Crippen LogP contribution in [0.1, 0.15) is 50.4 Å². The van der Waals surface area contributed by atoms with Crippen molar-refractivity contribution in [3.63, 3.8) is 0 Å². The van der Waals surface area contributed by atoms with E-state index >= 15 is 0 Å². The molecule has 252 valence electrons. The standard InChI is InChI=1S/C34H34N8O6S/c1-19-8-6-9-20(2)27(19)25-17-26-37-33(36-25)40-49(45,46)23-11-7-10-22(16-23)31(43)38-34(48-26)12-14-42(15-13-34)32(44)24-18-35-30-28(29(24)47-5)21(3)39-41(30)4/h6-11,16-18H,12-15H2,1-5H3,(H,38,43)(H,36,37,40). The molecule has 2 aromatic carbocycles. The molecule has 0 atom stereocenters.